The number of pyridine rings is 1. The monoisotopic (exact) mass is 336 g/mol. The molecule has 2 aliphatic rings. The zero-order chi connectivity index (χ0) is 17.3. The van der Waals surface area contributed by atoms with Gasteiger partial charge in [-0.05, 0) is 42.4 Å². The lowest BCUT2D eigenvalue weighted by Gasteiger charge is -2.41. The molecule has 25 heavy (non-hydrogen) atoms. The Hall–Kier alpha value is -2.20. The molecular formula is C21H24N2O2. The van der Waals surface area contributed by atoms with E-state index in [0.29, 0.717) is 18.9 Å². The van der Waals surface area contributed by atoms with Crippen molar-refractivity contribution >= 4 is 5.91 Å². The summed E-state index contributed by atoms with van der Waals surface area (Å²) < 4.78 is 0. The molecule has 4 rings (SSSR count). The quantitative estimate of drug-likeness (QED) is 0.938. The van der Waals surface area contributed by atoms with E-state index in [1.807, 2.05) is 47.4 Å². The van der Waals surface area contributed by atoms with E-state index in [0.717, 1.165) is 36.9 Å². The molecule has 2 aromatic rings. The number of likely N-dealkylation sites (tertiary alicyclic amines) is 1. The van der Waals surface area contributed by atoms with E-state index in [1.165, 1.54) is 0 Å². The molecule has 1 saturated heterocycles. The maximum absolute atomic E-state index is 12.7. The van der Waals surface area contributed by atoms with Crippen LogP contribution in [0.25, 0.3) is 0 Å². The Bertz CT molecular complexity index is 734. The molecule has 0 spiro atoms. The van der Waals surface area contributed by atoms with Gasteiger partial charge in [-0.1, -0.05) is 36.4 Å². The average molecular weight is 336 g/mol. The predicted octanol–water partition coefficient (Wildman–Crippen LogP) is 2.77. The summed E-state index contributed by atoms with van der Waals surface area (Å²) in [5, 5.41) is 11.5. The molecule has 130 valence electrons. The zero-order valence-electron chi connectivity index (χ0n) is 14.3. The smallest absolute Gasteiger partial charge is 0.227 e. The first-order valence-corrected chi connectivity index (χ1v) is 9.11. The van der Waals surface area contributed by atoms with Crippen LogP contribution in [0.5, 0.6) is 0 Å². The Kier molecular flexibility index (Phi) is 4.30. The molecule has 0 bridgehead atoms. The number of carbonyl (C=O) groups excluding carboxylic acids is 1. The minimum Gasteiger partial charge on any atom is -0.385 e. The van der Waals surface area contributed by atoms with E-state index in [-0.39, 0.29) is 11.8 Å². The summed E-state index contributed by atoms with van der Waals surface area (Å²) in [6, 6.07) is 13.8. The lowest BCUT2D eigenvalue weighted by molar-refractivity contribution is -0.130. The number of rotatable bonds is 3. The van der Waals surface area contributed by atoms with Crippen LogP contribution in [0.15, 0.2) is 54.9 Å². The van der Waals surface area contributed by atoms with Crippen molar-refractivity contribution in [2.24, 2.45) is 11.8 Å². The van der Waals surface area contributed by atoms with Crippen LogP contribution >= 0.6 is 0 Å². The van der Waals surface area contributed by atoms with Crippen molar-refractivity contribution in [1.29, 1.82) is 0 Å². The molecule has 2 heterocycles. The highest BCUT2D eigenvalue weighted by Gasteiger charge is 2.50. The summed E-state index contributed by atoms with van der Waals surface area (Å²) in [4.78, 5) is 18.8. The molecule has 4 heteroatoms. The summed E-state index contributed by atoms with van der Waals surface area (Å²) in [5.41, 5.74) is 1.12. The Labute approximate surface area is 148 Å². The van der Waals surface area contributed by atoms with Gasteiger partial charge in [-0.3, -0.25) is 9.78 Å². The number of hydrogen-bond donors (Lipinski definition) is 1. The summed E-state index contributed by atoms with van der Waals surface area (Å²) in [6.45, 7) is 1.41. The van der Waals surface area contributed by atoms with Crippen LogP contribution in [0.2, 0.25) is 0 Å². The van der Waals surface area contributed by atoms with Crippen molar-refractivity contribution in [1.82, 2.24) is 9.88 Å². The molecule has 1 saturated carbocycles. The number of aromatic nitrogens is 1. The van der Waals surface area contributed by atoms with E-state index in [1.54, 1.807) is 12.4 Å². The normalized spacial score (nSPS) is 28.6. The number of carbonyl (C=O) groups is 1. The van der Waals surface area contributed by atoms with Gasteiger partial charge in [0.1, 0.15) is 0 Å². The molecule has 1 aliphatic carbocycles. The largest absolute Gasteiger partial charge is 0.385 e. The summed E-state index contributed by atoms with van der Waals surface area (Å²) >= 11 is 0. The molecule has 0 radical (unpaired) electrons. The third kappa shape index (κ3) is 3.07. The van der Waals surface area contributed by atoms with Gasteiger partial charge < -0.3 is 10.0 Å². The van der Waals surface area contributed by atoms with E-state index in [4.69, 9.17) is 0 Å². The predicted molar refractivity (Wildman–Crippen MR) is 95.7 cm³/mol. The number of aliphatic hydroxyl groups is 1. The lowest BCUT2D eigenvalue weighted by atomic mass is 9.67. The highest BCUT2D eigenvalue weighted by molar-refractivity contribution is 5.79. The van der Waals surface area contributed by atoms with Gasteiger partial charge in [0, 0.05) is 31.4 Å². The van der Waals surface area contributed by atoms with Crippen molar-refractivity contribution in [3.63, 3.8) is 0 Å². The summed E-state index contributed by atoms with van der Waals surface area (Å²) in [5.74, 6) is 0.649. The third-order valence-electron chi connectivity index (χ3n) is 5.89. The topological polar surface area (TPSA) is 53.4 Å². The SMILES string of the molecule is O=C(Cc1cccnc1)N1C[C@H]2CCC[C@](O)(c3ccccc3)[C@H]2C1. The molecule has 1 aromatic carbocycles. The van der Waals surface area contributed by atoms with Crippen LogP contribution in [-0.2, 0) is 16.8 Å². The Morgan fingerprint density at radius 2 is 2.04 bits per heavy atom. The van der Waals surface area contributed by atoms with Gasteiger partial charge in [-0.25, -0.2) is 0 Å². The van der Waals surface area contributed by atoms with Gasteiger partial charge in [-0.15, -0.1) is 0 Å². The lowest BCUT2D eigenvalue weighted by Crippen LogP contribution is -2.43. The highest BCUT2D eigenvalue weighted by Crippen LogP contribution is 2.48. The first-order valence-electron chi connectivity index (χ1n) is 9.11. The first-order chi connectivity index (χ1) is 12.2. The fourth-order valence-corrected chi connectivity index (χ4v) is 4.60. The third-order valence-corrected chi connectivity index (χ3v) is 5.89. The van der Waals surface area contributed by atoms with E-state index in [2.05, 4.69) is 4.98 Å². The van der Waals surface area contributed by atoms with Gasteiger partial charge >= 0.3 is 0 Å². The second-order valence-corrected chi connectivity index (χ2v) is 7.39. The fourth-order valence-electron chi connectivity index (χ4n) is 4.60. The van der Waals surface area contributed by atoms with Crippen LogP contribution in [0, 0.1) is 11.8 Å². The molecule has 4 nitrogen and oxygen atoms in total. The number of fused-ring (bicyclic) bond motifs is 1. The molecule has 1 aromatic heterocycles. The van der Waals surface area contributed by atoms with Crippen molar-refractivity contribution in [3.05, 3.63) is 66.0 Å². The van der Waals surface area contributed by atoms with Crippen LogP contribution in [-0.4, -0.2) is 34.0 Å². The van der Waals surface area contributed by atoms with E-state index >= 15 is 0 Å². The van der Waals surface area contributed by atoms with Crippen LogP contribution in [0.1, 0.15) is 30.4 Å². The van der Waals surface area contributed by atoms with Crippen LogP contribution in [0.4, 0.5) is 0 Å². The maximum Gasteiger partial charge on any atom is 0.227 e. The average Bonchev–Trinajstić information content (AvgIpc) is 3.10. The van der Waals surface area contributed by atoms with Crippen molar-refractivity contribution < 1.29 is 9.90 Å². The van der Waals surface area contributed by atoms with Crippen LogP contribution in [0.3, 0.4) is 0 Å². The fraction of sp³-hybridized carbons (Fsp3) is 0.429. The Morgan fingerprint density at radius 1 is 1.20 bits per heavy atom. The number of benzene rings is 1. The minimum absolute atomic E-state index is 0.126. The molecule has 1 amide bonds. The van der Waals surface area contributed by atoms with Gasteiger partial charge in [-0.2, -0.15) is 0 Å². The second kappa shape index (κ2) is 6.60. The zero-order valence-corrected chi connectivity index (χ0v) is 14.3. The number of amides is 1. The van der Waals surface area contributed by atoms with Crippen molar-refractivity contribution in [3.8, 4) is 0 Å². The van der Waals surface area contributed by atoms with Gasteiger partial charge in [0.05, 0.1) is 12.0 Å². The second-order valence-electron chi connectivity index (χ2n) is 7.39. The Morgan fingerprint density at radius 3 is 2.80 bits per heavy atom. The van der Waals surface area contributed by atoms with Crippen LogP contribution < -0.4 is 0 Å². The van der Waals surface area contributed by atoms with Crippen molar-refractivity contribution in [2.45, 2.75) is 31.3 Å². The highest BCUT2D eigenvalue weighted by atomic mass is 16.3. The Balaban J connectivity index is 1.52. The maximum atomic E-state index is 12.7. The first kappa shape index (κ1) is 16.3. The van der Waals surface area contributed by atoms with E-state index in [9.17, 15) is 9.90 Å². The minimum atomic E-state index is -0.812. The number of hydrogen-bond acceptors (Lipinski definition) is 3. The summed E-state index contributed by atoms with van der Waals surface area (Å²) in [6.07, 6.45) is 6.74. The summed E-state index contributed by atoms with van der Waals surface area (Å²) in [7, 11) is 0. The standard InChI is InChI=1S/C21H24N2O2/c24-20(12-16-6-5-11-22-13-16)23-14-17-7-4-10-21(25,19(17)15-23)18-8-2-1-3-9-18/h1-3,5-6,8-9,11,13,17,19,25H,4,7,10,12,14-15H2/t17-,19+,21+/m1/s1. The van der Waals surface area contributed by atoms with Crippen molar-refractivity contribution in [2.75, 3.05) is 13.1 Å². The molecule has 0 unspecified atom stereocenters. The molecule has 2 fully saturated rings. The molecule has 1 N–H and O–H groups in total. The van der Waals surface area contributed by atoms with Gasteiger partial charge in [0.25, 0.3) is 0 Å². The van der Waals surface area contributed by atoms with Gasteiger partial charge in [0.15, 0.2) is 0 Å². The molecule has 3 atom stereocenters. The van der Waals surface area contributed by atoms with Gasteiger partial charge in [0.2, 0.25) is 5.91 Å². The molecular weight excluding hydrogens is 312 g/mol. The van der Waals surface area contributed by atoms with E-state index < -0.39 is 5.60 Å². The molecule has 1 aliphatic heterocycles. The number of nitrogens with zero attached hydrogens (tertiary/aromatic N) is 2.